The first-order valence-electron chi connectivity index (χ1n) is 8.86. The molecule has 26 heavy (non-hydrogen) atoms. The molecule has 7 nitrogen and oxygen atoms in total. The molecule has 0 spiro atoms. The average molecular weight is 356 g/mol. The van der Waals surface area contributed by atoms with E-state index in [1.54, 1.807) is 17.7 Å². The van der Waals surface area contributed by atoms with Crippen LogP contribution < -0.4 is 5.56 Å². The van der Waals surface area contributed by atoms with E-state index in [4.69, 9.17) is 0 Å². The summed E-state index contributed by atoms with van der Waals surface area (Å²) in [5.41, 5.74) is 1.26. The van der Waals surface area contributed by atoms with Crippen molar-refractivity contribution in [2.75, 3.05) is 13.1 Å². The summed E-state index contributed by atoms with van der Waals surface area (Å²) in [6.45, 7) is 4.82. The normalized spacial score (nSPS) is 18.5. The topological polar surface area (TPSA) is 79.7 Å². The maximum Gasteiger partial charge on any atom is 0.281 e. The molecule has 1 saturated heterocycles. The van der Waals surface area contributed by atoms with Gasteiger partial charge in [-0.2, -0.15) is 0 Å². The molecule has 0 radical (unpaired) electrons. The Labute approximate surface area is 149 Å². The van der Waals surface area contributed by atoms with Gasteiger partial charge in [0.1, 0.15) is 11.6 Å². The number of fused-ring (bicyclic) bond motifs is 1. The number of piperidine rings is 1. The third-order valence-corrected chi connectivity index (χ3v) is 4.88. The number of nitrogens with zero attached hydrogens (tertiary/aromatic N) is 5. The Balaban J connectivity index is 1.49. The molecule has 4 rings (SSSR count). The second kappa shape index (κ2) is 6.95. The SMILES string of the molecule is Cc1nc2c(nnn2C[C@H]2CCCN(Cc3ccccc3F)C2)c(=O)[nH]1. The van der Waals surface area contributed by atoms with E-state index in [2.05, 4.69) is 25.2 Å². The Morgan fingerprint density at radius 2 is 2.19 bits per heavy atom. The summed E-state index contributed by atoms with van der Waals surface area (Å²) in [5, 5.41) is 8.09. The molecule has 0 bridgehead atoms. The standard InChI is InChI=1S/C18H21FN6O/c1-12-20-17-16(18(26)21-12)22-23-25(17)10-13-5-4-8-24(9-13)11-14-6-2-3-7-15(14)19/h2-3,6-7,13H,4-5,8-11H2,1H3,(H,20,21,26)/t13-/m0/s1. The van der Waals surface area contributed by atoms with Gasteiger partial charge in [-0.15, -0.1) is 5.10 Å². The van der Waals surface area contributed by atoms with Crippen LogP contribution in [0.4, 0.5) is 4.39 Å². The molecule has 0 aliphatic carbocycles. The molecule has 3 aromatic rings. The number of halogens is 1. The number of aromatic nitrogens is 5. The van der Waals surface area contributed by atoms with Gasteiger partial charge in [0.15, 0.2) is 11.2 Å². The van der Waals surface area contributed by atoms with Crippen molar-refractivity contribution < 1.29 is 4.39 Å². The number of nitrogens with one attached hydrogen (secondary N) is 1. The largest absolute Gasteiger partial charge is 0.309 e. The molecule has 1 aliphatic heterocycles. The highest BCUT2D eigenvalue weighted by atomic mass is 19.1. The van der Waals surface area contributed by atoms with Gasteiger partial charge < -0.3 is 4.98 Å². The monoisotopic (exact) mass is 356 g/mol. The maximum absolute atomic E-state index is 13.9. The summed E-state index contributed by atoms with van der Waals surface area (Å²) in [5.74, 6) is 0.758. The van der Waals surface area contributed by atoms with Crippen LogP contribution >= 0.6 is 0 Å². The lowest BCUT2D eigenvalue weighted by Gasteiger charge is -2.32. The van der Waals surface area contributed by atoms with E-state index in [0.717, 1.165) is 31.5 Å². The van der Waals surface area contributed by atoms with E-state index in [9.17, 15) is 9.18 Å². The van der Waals surface area contributed by atoms with Gasteiger partial charge in [0.05, 0.1) is 0 Å². The Morgan fingerprint density at radius 1 is 1.35 bits per heavy atom. The molecular weight excluding hydrogens is 335 g/mol. The number of aromatic amines is 1. The second-order valence-corrected chi connectivity index (χ2v) is 6.93. The van der Waals surface area contributed by atoms with Crippen molar-refractivity contribution in [2.24, 2.45) is 5.92 Å². The van der Waals surface area contributed by atoms with E-state index < -0.39 is 0 Å². The van der Waals surface area contributed by atoms with Gasteiger partial charge in [-0.05, 0) is 38.3 Å². The third kappa shape index (κ3) is 3.37. The van der Waals surface area contributed by atoms with Crippen LogP contribution in [0.25, 0.3) is 11.2 Å². The van der Waals surface area contributed by atoms with Crippen LogP contribution in [-0.2, 0) is 13.1 Å². The van der Waals surface area contributed by atoms with Crippen molar-refractivity contribution in [1.29, 1.82) is 0 Å². The van der Waals surface area contributed by atoms with Gasteiger partial charge in [-0.3, -0.25) is 9.69 Å². The predicted octanol–water partition coefficient (Wildman–Crippen LogP) is 1.87. The summed E-state index contributed by atoms with van der Waals surface area (Å²) in [7, 11) is 0. The summed E-state index contributed by atoms with van der Waals surface area (Å²) in [6.07, 6.45) is 2.12. The van der Waals surface area contributed by atoms with E-state index in [-0.39, 0.29) is 16.9 Å². The van der Waals surface area contributed by atoms with Crippen molar-refractivity contribution >= 4 is 11.2 Å². The molecule has 3 heterocycles. The zero-order valence-electron chi connectivity index (χ0n) is 14.7. The highest BCUT2D eigenvalue weighted by molar-refractivity contribution is 5.67. The molecule has 0 saturated carbocycles. The lowest BCUT2D eigenvalue weighted by Crippen LogP contribution is -2.37. The number of hydrogen-bond acceptors (Lipinski definition) is 5. The molecule has 1 N–H and O–H groups in total. The summed E-state index contributed by atoms with van der Waals surface area (Å²) in [6, 6.07) is 6.92. The number of rotatable bonds is 4. The number of hydrogen-bond donors (Lipinski definition) is 1. The molecule has 1 aromatic carbocycles. The fraction of sp³-hybridized carbons (Fsp3) is 0.444. The molecule has 8 heteroatoms. The van der Waals surface area contributed by atoms with Crippen LogP contribution in [0.15, 0.2) is 29.1 Å². The molecule has 0 amide bonds. The minimum atomic E-state index is -0.261. The van der Waals surface area contributed by atoms with Gasteiger partial charge in [-0.25, -0.2) is 14.1 Å². The first-order chi connectivity index (χ1) is 12.6. The van der Waals surface area contributed by atoms with Gasteiger partial charge in [0.2, 0.25) is 0 Å². The molecule has 1 fully saturated rings. The van der Waals surface area contributed by atoms with Crippen LogP contribution in [0.1, 0.15) is 24.2 Å². The maximum atomic E-state index is 13.9. The summed E-state index contributed by atoms with van der Waals surface area (Å²) >= 11 is 0. The van der Waals surface area contributed by atoms with Crippen LogP contribution in [0, 0.1) is 18.7 Å². The minimum Gasteiger partial charge on any atom is -0.309 e. The molecular formula is C18H21FN6O. The minimum absolute atomic E-state index is 0.157. The van der Waals surface area contributed by atoms with Gasteiger partial charge >= 0.3 is 0 Å². The number of aryl methyl sites for hydroxylation is 1. The number of H-pyrrole nitrogens is 1. The lowest BCUT2D eigenvalue weighted by molar-refractivity contribution is 0.152. The van der Waals surface area contributed by atoms with Crippen molar-refractivity contribution in [3.05, 3.63) is 51.8 Å². The van der Waals surface area contributed by atoms with Crippen LogP contribution in [0.2, 0.25) is 0 Å². The van der Waals surface area contributed by atoms with E-state index in [1.807, 2.05) is 12.1 Å². The predicted molar refractivity (Wildman–Crippen MR) is 95.1 cm³/mol. The van der Waals surface area contributed by atoms with Gasteiger partial charge in [0, 0.05) is 25.2 Å². The van der Waals surface area contributed by atoms with Crippen LogP contribution in [0.5, 0.6) is 0 Å². The second-order valence-electron chi connectivity index (χ2n) is 6.93. The van der Waals surface area contributed by atoms with Crippen molar-refractivity contribution in [1.82, 2.24) is 29.9 Å². The zero-order valence-corrected chi connectivity index (χ0v) is 14.7. The fourth-order valence-corrected chi connectivity index (χ4v) is 3.65. The first kappa shape index (κ1) is 16.8. The van der Waals surface area contributed by atoms with E-state index in [1.165, 1.54) is 6.07 Å². The summed E-state index contributed by atoms with van der Waals surface area (Å²) in [4.78, 5) is 21.2. The Bertz CT molecular complexity index is 981. The van der Waals surface area contributed by atoms with Gasteiger partial charge in [0.25, 0.3) is 5.56 Å². The highest BCUT2D eigenvalue weighted by Crippen LogP contribution is 2.21. The first-order valence-corrected chi connectivity index (χ1v) is 8.86. The third-order valence-electron chi connectivity index (χ3n) is 4.88. The highest BCUT2D eigenvalue weighted by Gasteiger charge is 2.23. The van der Waals surface area contributed by atoms with E-state index in [0.29, 0.717) is 30.5 Å². The molecule has 0 unspecified atom stereocenters. The number of likely N-dealkylation sites (tertiary alicyclic amines) is 1. The molecule has 1 aliphatic rings. The van der Waals surface area contributed by atoms with Crippen LogP contribution in [0.3, 0.4) is 0 Å². The number of benzene rings is 1. The molecule has 1 atom stereocenters. The van der Waals surface area contributed by atoms with Crippen molar-refractivity contribution in [3.8, 4) is 0 Å². The molecule has 136 valence electrons. The quantitative estimate of drug-likeness (QED) is 0.772. The van der Waals surface area contributed by atoms with Crippen molar-refractivity contribution in [3.63, 3.8) is 0 Å². The fourth-order valence-electron chi connectivity index (χ4n) is 3.65. The van der Waals surface area contributed by atoms with Gasteiger partial charge in [-0.1, -0.05) is 23.4 Å². The van der Waals surface area contributed by atoms with Crippen LogP contribution in [-0.4, -0.2) is 43.0 Å². The smallest absolute Gasteiger partial charge is 0.281 e. The van der Waals surface area contributed by atoms with Crippen molar-refractivity contribution in [2.45, 2.75) is 32.9 Å². The Kier molecular flexibility index (Phi) is 4.50. The Hall–Kier alpha value is -2.61. The Morgan fingerprint density at radius 3 is 3.04 bits per heavy atom. The average Bonchev–Trinajstić information content (AvgIpc) is 3.00. The molecule has 2 aromatic heterocycles. The zero-order chi connectivity index (χ0) is 18.1. The lowest BCUT2D eigenvalue weighted by atomic mass is 9.97. The summed E-state index contributed by atoms with van der Waals surface area (Å²) < 4.78 is 15.6. The van der Waals surface area contributed by atoms with E-state index >= 15 is 0 Å².